The first-order valence-corrected chi connectivity index (χ1v) is 2.34. The van der Waals surface area contributed by atoms with Crippen LogP contribution in [0.5, 0.6) is 0 Å². The quantitative estimate of drug-likeness (QED) is 0.342. The number of carboxylic acid groups (broad SMARTS) is 2. The molecule has 0 aliphatic carbocycles. The Labute approximate surface area is 92.9 Å². The summed E-state index contributed by atoms with van der Waals surface area (Å²) in [4.78, 5) is 8.33. The Bertz CT molecular complexity index is 50.2. The molecule has 0 N–H and O–H groups in total. The van der Waals surface area contributed by atoms with E-state index in [9.17, 15) is 0 Å². The Morgan fingerprint density at radius 3 is 1.00 bits per heavy atom. The summed E-state index contributed by atoms with van der Waals surface area (Å²) in [6.07, 6.45) is -2.33. The molecule has 0 saturated heterocycles. The van der Waals surface area contributed by atoms with Gasteiger partial charge in [0.05, 0.1) is 0 Å². The van der Waals surface area contributed by atoms with Gasteiger partial charge in [0, 0.05) is 0 Å². The molecule has 8 heteroatoms. The van der Waals surface area contributed by atoms with E-state index >= 15 is 0 Å². The maximum absolute atomic E-state index is 8.33. The predicted molar refractivity (Wildman–Crippen MR) is 24.0 cm³/mol. The van der Waals surface area contributed by atoms with Crippen molar-refractivity contribution in [3.05, 3.63) is 0 Å². The van der Waals surface area contributed by atoms with Gasteiger partial charge in [-0.05, 0) is 6.16 Å². The van der Waals surface area contributed by atoms with Gasteiger partial charge in [-0.3, -0.25) is 0 Å². The van der Waals surface area contributed by atoms with Gasteiger partial charge in [-0.2, -0.15) is 0 Å². The van der Waals surface area contributed by atoms with Crippen molar-refractivity contribution in [1.29, 1.82) is 0 Å². The minimum atomic E-state index is -2.33. The zero-order valence-electron chi connectivity index (χ0n) is 4.66. The van der Waals surface area contributed by atoms with Crippen LogP contribution in [0.15, 0.2) is 0 Å². The summed E-state index contributed by atoms with van der Waals surface area (Å²) in [6.45, 7) is 0. The molecule has 0 amide bonds. The third-order valence-electron chi connectivity index (χ3n) is 0. The molecule has 0 radical (unpaired) electrons. The first-order valence-electron chi connectivity index (χ1n) is 1.19. The number of carbonyl (C=O) groups is 1. The van der Waals surface area contributed by atoms with Crippen molar-refractivity contribution in [1.82, 2.24) is 0 Å². The average Bonchev–Trinajstić information content (AvgIpc) is 1.75. The fourth-order valence-electron chi connectivity index (χ4n) is 0. The topological polar surface area (TPSA) is 97.3 Å². The van der Waals surface area contributed by atoms with Crippen molar-refractivity contribution >= 4 is 72.6 Å². The van der Waals surface area contributed by atoms with Gasteiger partial charge in [0.2, 0.25) is 0 Å². The SMILES string of the molecule is O=C([O-])[O-].[Mg+2].[O]=[Mg].[O]=[Mg]. The van der Waals surface area contributed by atoms with Crippen LogP contribution in [0, 0.1) is 0 Å². The molecule has 0 heterocycles. The van der Waals surface area contributed by atoms with Crippen molar-refractivity contribution in [3.8, 4) is 0 Å². The Morgan fingerprint density at radius 1 is 1.00 bits per heavy atom. The van der Waals surface area contributed by atoms with E-state index in [4.69, 9.17) is 21.4 Å². The van der Waals surface area contributed by atoms with Gasteiger partial charge in [0.15, 0.2) is 0 Å². The van der Waals surface area contributed by atoms with Gasteiger partial charge >= 0.3 is 72.8 Å². The fourth-order valence-corrected chi connectivity index (χ4v) is 0. The molecule has 9 heavy (non-hydrogen) atoms. The average molecular weight is 165 g/mol. The van der Waals surface area contributed by atoms with Gasteiger partial charge in [-0.1, -0.05) is 0 Å². The van der Waals surface area contributed by atoms with E-state index in [-0.39, 0.29) is 23.1 Å². The van der Waals surface area contributed by atoms with Crippen LogP contribution in [0.3, 0.4) is 0 Å². The second-order valence-electron chi connectivity index (χ2n) is 0.250. The molecule has 0 aliphatic rings. The molecule has 0 aromatic heterocycles. The Hall–Kier alpha value is 1.17. The molecule has 5 nitrogen and oxygen atoms in total. The minimum absolute atomic E-state index is 0. The molecule has 0 saturated carbocycles. The molecule has 0 atom stereocenters. The number of hydrogen-bond donors (Lipinski definition) is 0. The summed E-state index contributed by atoms with van der Waals surface area (Å²) in [5.74, 6) is 0. The van der Waals surface area contributed by atoms with Crippen molar-refractivity contribution in [3.63, 3.8) is 0 Å². The van der Waals surface area contributed by atoms with E-state index in [2.05, 4.69) is 0 Å². The van der Waals surface area contributed by atoms with Crippen LogP contribution >= 0.6 is 0 Å². The molecule has 0 unspecified atom stereocenters. The summed E-state index contributed by atoms with van der Waals surface area (Å²) in [5.41, 5.74) is 0. The monoisotopic (exact) mass is 164 g/mol. The van der Waals surface area contributed by atoms with Crippen LogP contribution in [0.4, 0.5) is 4.79 Å². The normalized spacial score (nSPS) is 4.00. The standard InChI is InChI=1S/CH2O3.3Mg.2O/c2-1(3)4;;;;;/h(H2,2,3,4);;;;;/q;;;+2;;/p-2. The van der Waals surface area contributed by atoms with Crippen molar-refractivity contribution in [2.24, 2.45) is 0 Å². The first-order chi connectivity index (χ1) is 3.73. The summed E-state index contributed by atoms with van der Waals surface area (Å²) >= 11 is 1.22. The summed E-state index contributed by atoms with van der Waals surface area (Å²) in [7, 11) is 0. The first kappa shape index (κ1) is 22.5. The van der Waals surface area contributed by atoms with Crippen LogP contribution in [-0.2, 0) is 6.35 Å². The van der Waals surface area contributed by atoms with E-state index in [1.54, 1.807) is 0 Å². The van der Waals surface area contributed by atoms with E-state index in [1.165, 1.54) is 0 Å². The second-order valence-corrected chi connectivity index (χ2v) is 0.250. The van der Waals surface area contributed by atoms with Gasteiger partial charge in [-0.25, -0.2) is 0 Å². The number of hydrogen-bond acceptors (Lipinski definition) is 5. The van der Waals surface area contributed by atoms with E-state index in [1.807, 2.05) is 0 Å². The van der Waals surface area contributed by atoms with E-state index in [0.29, 0.717) is 43.4 Å². The van der Waals surface area contributed by atoms with Crippen LogP contribution in [-0.4, -0.2) is 72.6 Å². The van der Waals surface area contributed by atoms with Crippen LogP contribution in [0.25, 0.3) is 0 Å². The van der Waals surface area contributed by atoms with Crippen LogP contribution < -0.4 is 10.2 Å². The van der Waals surface area contributed by atoms with Crippen LogP contribution in [0.1, 0.15) is 0 Å². The van der Waals surface area contributed by atoms with Gasteiger partial charge in [-0.15, -0.1) is 0 Å². The Morgan fingerprint density at radius 2 is 1.00 bits per heavy atom. The molecule has 0 rings (SSSR count). The molecular formula is CMg3O5. The van der Waals surface area contributed by atoms with Gasteiger partial charge < -0.3 is 15.0 Å². The molecule has 0 aliphatic heterocycles. The molecule has 0 fully saturated rings. The number of carbonyl (C=O) groups excluding carboxylic acids is 1. The molecular weight excluding hydrogens is 165 g/mol. The van der Waals surface area contributed by atoms with Crippen molar-refractivity contribution in [2.45, 2.75) is 0 Å². The molecule has 40 valence electrons. The van der Waals surface area contributed by atoms with Crippen LogP contribution in [0.2, 0.25) is 0 Å². The molecule has 0 aromatic rings. The molecule has 0 aromatic carbocycles. The number of rotatable bonds is 0. The zero-order valence-corrected chi connectivity index (χ0v) is 8.91. The summed E-state index contributed by atoms with van der Waals surface area (Å²) < 4.78 is 16.6. The van der Waals surface area contributed by atoms with E-state index < -0.39 is 6.16 Å². The fraction of sp³-hybridized carbons (Fsp3) is 0. The summed E-state index contributed by atoms with van der Waals surface area (Å²) in [6, 6.07) is 0. The van der Waals surface area contributed by atoms with Gasteiger partial charge in [0.25, 0.3) is 0 Å². The predicted octanol–water partition coefficient (Wildman–Crippen LogP) is -3.83. The maximum atomic E-state index is 8.33. The van der Waals surface area contributed by atoms with E-state index in [0.717, 1.165) is 0 Å². The third kappa shape index (κ3) is 345. The zero-order chi connectivity index (χ0) is 7.58. The Kier molecular flexibility index (Phi) is 87.9. The molecule has 0 spiro atoms. The molecule has 0 bridgehead atoms. The van der Waals surface area contributed by atoms with Crippen molar-refractivity contribution in [2.75, 3.05) is 0 Å². The Balaban J connectivity index is -0.0000000221. The second kappa shape index (κ2) is 35.2. The van der Waals surface area contributed by atoms with Gasteiger partial charge in [0.1, 0.15) is 0 Å². The third-order valence-corrected chi connectivity index (χ3v) is 0. The van der Waals surface area contributed by atoms with Crippen molar-refractivity contribution < 1.29 is 21.4 Å². The summed E-state index contributed by atoms with van der Waals surface area (Å²) in [5, 5.41) is 16.7.